The van der Waals surface area contributed by atoms with Crippen LogP contribution in [-0.4, -0.2) is 121 Å². The Morgan fingerprint density at radius 2 is 1.62 bits per heavy atom. The predicted octanol–water partition coefficient (Wildman–Crippen LogP) is 1.15. The lowest BCUT2D eigenvalue weighted by molar-refractivity contribution is -0.0834. The summed E-state index contributed by atoms with van der Waals surface area (Å²) >= 11 is 0. The molecule has 4 heterocycles. The Bertz CT molecular complexity index is 533. The number of rotatable bonds is 15. The van der Waals surface area contributed by atoms with Crippen molar-refractivity contribution in [3.63, 3.8) is 0 Å². The zero-order chi connectivity index (χ0) is 22.9. The minimum Gasteiger partial charge on any atom is -0.379 e. The Labute approximate surface area is 194 Å². The molecule has 0 N–H and O–H groups in total. The van der Waals surface area contributed by atoms with Crippen molar-refractivity contribution in [1.29, 1.82) is 0 Å². The standard InChI is InChI=1S/C20H41NO9Si2/c1-18-13-21-7-10-28-32(29-18,12-6-9-26-16-20-17-27-20)30-19(14-21)15-25-8-5-11-31(22-2,23-3)24-4/h18-20H,5-17H2,1-4H3. The summed E-state index contributed by atoms with van der Waals surface area (Å²) in [6.07, 6.45) is 1.94. The molecule has 4 fully saturated rings. The van der Waals surface area contributed by atoms with Crippen LogP contribution in [0.3, 0.4) is 0 Å². The van der Waals surface area contributed by atoms with Gasteiger partial charge >= 0.3 is 17.6 Å². The Morgan fingerprint density at radius 3 is 2.31 bits per heavy atom. The summed E-state index contributed by atoms with van der Waals surface area (Å²) < 4.78 is 52.5. The molecule has 5 unspecified atom stereocenters. The monoisotopic (exact) mass is 495 g/mol. The van der Waals surface area contributed by atoms with Gasteiger partial charge in [-0.1, -0.05) is 0 Å². The summed E-state index contributed by atoms with van der Waals surface area (Å²) in [6, 6.07) is 1.46. The van der Waals surface area contributed by atoms with Gasteiger partial charge in [0.1, 0.15) is 6.10 Å². The van der Waals surface area contributed by atoms with Crippen LogP contribution in [0.4, 0.5) is 0 Å². The maximum atomic E-state index is 6.55. The third-order valence-corrected chi connectivity index (χ3v) is 11.8. The highest BCUT2D eigenvalue weighted by Crippen LogP contribution is 2.27. The van der Waals surface area contributed by atoms with Crippen LogP contribution in [0.25, 0.3) is 0 Å². The topological polar surface area (TPSA) is 89.6 Å². The minimum atomic E-state index is -2.80. The zero-order valence-corrected chi connectivity index (χ0v) is 22.0. The van der Waals surface area contributed by atoms with Crippen LogP contribution in [0, 0.1) is 0 Å². The molecule has 2 bridgehead atoms. The van der Waals surface area contributed by atoms with Gasteiger partial charge in [-0.25, -0.2) is 0 Å². The van der Waals surface area contributed by atoms with E-state index in [-0.39, 0.29) is 18.3 Å². The summed E-state index contributed by atoms with van der Waals surface area (Å²) in [5.74, 6) is 0. The molecular formula is C20H41NO9Si2. The van der Waals surface area contributed by atoms with Crippen molar-refractivity contribution in [3.8, 4) is 0 Å². The molecule has 4 aliphatic heterocycles. The molecule has 0 saturated carbocycles. The first-order valence-electron chi connectivity index (χ1n) is 11.7. The normalized spacial score (nSPS) is 33.0. The third kappa shape index (κ3) is 8.36. The number of fused-ring (bicyclic) bond motifs is 6. The fourth-order valence-corrected chi connectivity index (χ4v) is 8.76. The number of hydrogen-bond acceptors (Lipinski definition) is 10. The minimum absolute atomic E-state index is 0.0791. The van der Waals surface area contributed by atoms with Gasteiger partial charge in [0, 0.05) is 66.3 Å². The first kappa shape index (κ1) is 26.6. The van der Waals surface area contributed by atoms with E-state index in [1.54, 1.807) is 21.3 Å². The van der Waals surface area contributed by atoms with E-state index in [4.69, 9.17) is 40.8 Å². The molecule has 4 rings (SSSR count). The molecule has 0 radical (unpaired) electrons. The largest absolute Gasteiger partial charge is 0.501 e. The van der Waals surface area contributed by atoms with Crippen LogP contribution in [0.2, 0.25) is 12.1 Å². The van der Waals surface area contributed by atoms with Crippen molar-refractivity contribution in [2.75, 3.05) is 80.6 Å². The molecule has 0 spiro atoms. The van der Waals surface area contributed by atoms with Crippen molar-refractivity contribution < 1.29 is 40.8 Å². The molecule has 5 atom stereocenters. The van der Waals surface area contributed by atoms with Crippen LogP contribution >= 0.6 is 0 Å². The van der Waals surface area contributed by atoms with E-state index in [2.05, 4.69) is 11.8 Å². The Hall–Kier alpha value is 0.0338. The van der Waals surface area contributed by atoms with Crippen molar-refractivity contribution in [3.05, 3.63) is 0 Å². The first-order chi connectivity index (χ1) is 15.5. The van der Waals surface area contributed by atoms with Crippen molar-refractivity contribution in [2.45, 2.75) is 50.2 Å². The van der Waals surface area contributed by atoms with Crippen molar-refractivity contribution in [2.24, 2.45) is 0 Å². The lowest BCUT2D eigenvalue weighted by atomic mass is 10.3. The average Bonchev–Trinajstić information content (AvgIpc) is 3.58. The van der Waals surface area contributed by atoms with Gasteiger partial charge in [-0.15, -0.1) is 0 Å². The van der Waals surface area contributed by atoms with Crippen LogP contribution in [-0.2, 0) is 40.8 Å². The van der Waals surface area contributed by atoms with Crippen LogP contribution in [0.5, 0.6) is 0 Å². The van der Waals surface area contributed by atoms with Crippen LogP contribution in [0.1, 0.15) is 19.8 Å². The summed E-state index contributed by atoms with van der Waals surface area (Å²) in [5, 5.41) is 0. The average molecular weight is 496 g/mol. The molecule has 4 saturated heterocycles. The zero-order valence-electron chi connectivity index (χ0n) is 20.0. The summed E-state index contributed by atoms with van der Waals surface area (Å²) in [6.45, 7) is 8.58. The highest BCUT2D eigenvalue weighted by molar-refractivity contribution is 6.61. The molecule has 0 aliphatic carbocycles. The number of epoxide rings is 1. The van der Waals surface area contributed by atoms with E-state index in [0.717, 1.165) is 45.1 Å². The van der Waals surface area contributed by atoms with Gasteiger partial charge in [-0.3, -0.25) is 4.90 Å². The molecule has 32 heavy (non-hydrogen) atoms. The molecule has 10 nitrogen and oxygen atoms in total. The lowest BCUT2D eigenvalue weighted by Crippen LogP contribution is -2.60. The van der Waals surface area contributed by atoms with Crippen molar-refractivity contribution >= 4 is 17.6 Å². The van der Waals surface area contributed by atoms with E-state index in [1.807, 2.05) is 0 Å². The quantitative estimate of drug-likeness (QED) is 0.187. The SMILES string of the molecule is CO[Si](CCCOCC1CN2CCO[Si](CCCOCC3CO3)(OC(C)C2)O1)(OC)OC. The van der Waals surface area contributed by atoms with Gasteiger partial charge in [0.05, 0.1) is 38.6 Å². The first-order valence-corrected chi connectivity index (χ1v) is 15.5. The number of ether oxygens (including phenoxy) is 3. The molecule has 0 amide bonds. The molecule has 12 heteroatoms. The van der Waals surface area contributed by atoms with Gasteiger partial charge in [0.15, 0.2) is 0 Å². The van der Waals surface area contributed by atoms with Crippen LogP contribution < -0.4 is 0 Å². The molecule has 0 aromatic carbocycles. The van der Waals surface area contributed by atoms with Crippen molar-refractivity contribution in [1.82, 2.24) is 4.90 Å². The fraction of sp³-hybridized carbons (Fsp3) is 1.00. The lowest BCUT2D eigenvalue weighted by Gasteiger charge is -2.44. The highest BCUT2D eigenvalue weighted by atomic mass is 28.4. The Morgan fingerprint density at radius 1 is 0.938 bits per heavy atom. The van der Waals surface area contributed by atoms with E-state index in [1.165, 1.54) is 0 Å². The number of hydrogen-bond donors (Lipinski definition) is 0. The maximum Gasteiger partial charge on any atom is 0.501 e. The predicted molar refractivity (Wildman–Crippen MR) is 121 cm³/mol. The van der Waals surface area contributed by atoms with E-state index in [9.17, 15) is 0 Å². The summed E-state index contributed by atoms with van der Waals surface area (Å²) in [7, 11) is -0.468. The Kier molecular flexibility index (Phi) is 11.0. The van der Waals surface area contributed by atoms with Gasteiger partial charge in [0.25, 0.3) is 0 Å². The van der Waals surface area contributed by atoms with Gasteiger partial charge in [-0.2, -0.15) is 0 Å². The molecule has 188 valence electrons. The maximum absolute atomic E-state index is 6.55. The highest BCUT2D eigenvalue weighted by Gasteiger charge is 2.48. The van der Waals surface area contributed by atoms with Gasteiger partial charge in [-0.05, 0) is 19.8 Å². The molecule has 0 aromatic rings. The molecular weight excluding hydrogens is 454 g/mol. The smallest absolute Gasteiger partial charge is 0.379 e. The second-order valence-electron chi connectivity index (χ2n) is 8.57. The fourth-order valence-electron chi connectivity index (χ4n) is 4.18. The van der Waals surface area contributed by atoms with Crippen LogP contribution in [0.15, 0.2) is 0 Å². The number of nitrogens with zero attached hydrogens (tertiary/aromatic N) is 1. The molecule has 4 aliphatic rings. The van der Waals surface area contributed by atoms with E-state index in [0.29, 0.717) is 39.1 Å². The second kappa shape index (κ2) is 13.2. The van der Waals surface area contributed by atoms with Gasteiger partial charge < -0.3 is 40.8 Å². The summed E-state index contributed by atoms with van der Waals surface area (Å²) in [5.41, 5.74) is 0. The molecule has 0 aromatic heterocycles. The van der Waals surface area contributed by atoms with Gasteiger partial charge in [0.2, 0.25) is 0 Å². The van der Waals surface area contributed by atoms with E-state index < -0.39 is 17.6 Å². The summed E-state index contributed by atoms with van der Waals surface area (Å²) in [4.78, 5) is 2.34. The van der Waals surface area contributed by atoms with E-state index >= 15 is 0 Å². The third-order valence-electron chi connectivity index (χ3n) is 5.92. The second-order valence-corrected chi connectivity index (χ2v) is 14.3. The Balaban J connectivity index is 1.46.